The fourth-order valence-corrected chi connectivity index (χ4v) is 5.74. The fraction of sp³-hybridized carbons (Fsp3) is 0.667. The zero-order valence-corrected chi connectivity index (χ0v) is 18.0. The molecule has 6 nitrogen and oxygen atoms in total. The van der Waals surface area contributed by atoms with Gasteiger partial charge in [0, 0.05) is 18.3 Å². The number of anilines is 1. The van der Waals surface area contributed by atoms with E-state index in [4.69, 9.17) is 0 Å². The van der Waals surface area contributed by atoms with Crippen LogP contribution in [0.1, 0.15) is 52.9 Å². The molecule has 2 fully saturated rings. The number of hydrogen-bond acceptors (Lipinski definition) is 4. The van der Waals surface area contributed by atoms with Crippen molar-refractivity contribution >= 4 is 21.6 Å². The predicted octanol–water partition coefficient (Wildman–Crippen LogP) is 3.21. The predicted molar refractivity (Wildman–Crippen MR) is 112 cm³/mol. The van der Waals surface area contributed by atoms with Crippen LogP contribution in [0.4, 0.5) is 5.69 Å². The summed E-state index contributed by atoms with van der Waals surface area (Å²) in [6, 6.07) is 5.99. The van der Waals surface area contributed by atoms with Crippen LogP contribution in [-0.2, 0) is 14.8 Å². The molecule has 1 amide bonds. The molecule has 1 aliphatic heterocycles. The summed E-state index contributed by atoms with van der Waals surface area (Å²) >= 11 is 0. The van der Waals surface area contributed by atoms with E-state index in [2.05, 4.69) is 14.9 Å². The number of benzene rings is 1. The van der Waals surface area contributed by atoms with Gasteiger partial charge in [-0.2, -0.15) is 0 Å². The zero-order valence-electron chi connectivity index (χ0n) is 17.1. The molecular formula is C21H33N3O3S. The standard InChI is InChI=1S/C21H33N3O3S/c1-15(2)23-28(26,27)20-10-8-19(9-11-20)22-21(25)16(3)24-13-12-17-6-4-5-7-18(17)14-24/h8-11,15-18,23H,4-7,12-14H2,1-3H3,(H,22,25)/t16-,17-,18+/m0/s1. The highest BCUT2D eigenvalue weighted by molar-refractivity contribution is 7.89. The number of nitrogens with one attached hydrogen (secondary N) is 2. The molecule has 28 heavy (non-hydrogen) atoms. The molecule has 1 aromatic rings. The van der Waals surface area contributed by atoms with Crippen molar-refractivity contribution in [2.75, 3.05) is 18.4 Å². The summed E-state index contributed by atoms with van der Waals surface area (Å²) in [6.45, 7) is 7.52. The Bertz CT molecular complexity index is 777. The molecule has 1 saturated carbocycles. The van der Waals surface area contributed by atoms with Gasteiger partial charge in [-0.15, -0.1) is 0 Å². The fourth-order valence-electron chi connectivity index (χ4n) is 4.49. The minimum Gasteiger partial charge on any atom is -0.325 e. The lowest BCUT2D eigenvalue weighted by molar-refractivity contribution is -0.122. The average Bonchev–Trinajstić information content (AvgIpc) is 2.66. The number of amides is 1. The van der Waals surface area contributed by atoms with Crippen LogP contribution in [0.5, 0.6) is 0 Å². The van der Waals surface area contributed by atoms with Crippen molar-refractivity contribution in [1.29, 1.82) is 0 Å². The Balaban J connectivity index is 1.58. The van der Waals surface area contributed by atoms with Gasteiger partial charge >= 0.3 is 0 Å². The van der Waals surface area contributed by atoms with Gasteiger partial charge in [-0.3, -0.25) is 9.69 Å². The zero-order chi connectivity index (χ0) is 20.3. The van der Waals surface area contributed by atoms with E-state index in [1.54, 1.807) is 26.0 Å². The normalized spacial score (nSPS) is 24.6. The second-order valence-corrected chi connectivity index (χ2v) is 10.3. The number of piperidine rings is 1. The van der Waals surface area contributed by atoms with Crippen molar-refractivity contribution in [1.82, 2.24) is 9.62 Å². The smallest absolute Gasteiger partial charge is 0.241 e. The van der Waals surface area contributed by atoms with E-state index >= 15 is 0 Å². The number of fused-ring (bicyclic) bond motifs is 1. The monoisotopic (exact) mass is 407 g/mol. The highest BCUT2D eigenvalue weighted by Crippen LogP contribution is 2.36. The molecule has 2 aliphatic rings. The second kappa shape index (κ2) is 8.93. The molecule has 156 valence electrons. The van der Waals surface area contributed by atoms with E-state index in [1.807, 2.05) is 6.92 Å². The molecule has 1 saturated heterocycles. The van der Waals surface area contributed by atoms with Crippen LogP contribution in [0.2, 0.25) is 0 Å². The Hall–Kier alpha value is -1.44. The third-order valence-electron chi connectivity index (χ3n) is 6.07. The van der Waals surface area contributed by atoms with Crippen LogP contribution in [0, 0.1) is 11.8 Å². The van der Waals surface area contributed by atoms with Crippen molar-refractivity contribution in [3.05, 3.63) is 24.3 Å². The Kier molecular flexibility index (Phi) is 6.78. The molecule has 0 aromatic heterocycles. The van der Waals surface area contributed by atoms with Crippen LogP contribution in [-0.4, -0.2) is 44.4 Å². The lowest BCUT2D eigenvalue weighted by Crippen LogP contribution is -2.49. The van der Waals surface area contributed by atoms with E-state index < -0.39 is 10.0 Å². The summed E-state index contributed by atoms with van der Waals surface area (Å²) in [4.78, 5) is 15.2. The average molecular weight is 408 g/mol. The molecule has 3 rings (SSSR count). The molecule has 0 bridgehead atoms. The van der Waals surface area contributed by atoms with Crippen molar-refractivity contribution < 1.29 is 13.2 Å². The summed E-state index contributed by atoms with van der Waals surface area (Å²) in [5.74, 6) is 1.54. The van der Waals surface area contributed by atoms with Gasteiger partial charge in [0.25, 0.3) is 0 Å². The number of carbonyl (C=O) groups is 1. The first-order chi connectivity index (χ1) is 13.3. The van der Waals surface area contributed by atoms with Crippen molar-refractivity contribution in [2.45, 2.75) is 69.9 Å². The molecule has 1 aliphatic carbocycles. The molecule has 7 heteroatoms. The van der Waals surface area contributed by atoms with Crippen LogP contribution in [0.15, 0.2) is 29.2 Å². The summed E-state index contributed by atoms with van der Waals surface area (Å²) < 4.78 is 27.0. The Labute approximate surface area is 169 Å². The lowest BCUT2D eigenvalue weighted by Gasteiger charge is -2.43. The van der Waals surface area contributed by atoms with E-state index in [-0.39, 0.29) is 22.9 Å². The molecule has 1 aromatic carbocycles. The minimum atomic E-state index is -3.52. The van der Waals surface area contributed by atoms with Gasteiger partial charge in [0.2, 0.25) is 15.9 Å². The number of likely N-dealkylation sites (tertiary alicyclic amines) is 1. The van der Waals surface area contributed by atoms with Gasteiger partial charge in [-0.1, -0.05) is 19.3 Å². The maximum absolute atomic E-state index is 12.7. The SMILES string of the molecule is CC(C)NS(=O)(=O)c1ccc(NC(=O)[C@H](C)N2CC[C@@H]3CCCC[C@@H]3C2)cc1. The maximum Gasteiger partial charge on any atom is 0.241 e. The molecular weight excluding hydrogens is 374 g/mol. The van der Waals surface area contributed by atoms with Crippen molar-refractivity contribution in [2.24, 2.45) is 11.8 Å². The van der Waals surface area contributed by atoms with E-state index in [1.165, 1.54) is 44.2 Å². The first kappa shape index (κ1) is 21.3. The van der Waals surface area contributed by atoms with Crippen LogP contribution in [0.25, 0.3) is 0 Å². The summed E-state index contributed by atoms with van der Waals surface area (Å²) in [7, 11) is -3.52. The molecule has 2 N–H and O–H groups in total. The van der Waals surface area contributed by atoms with Crippen molar-refractivity contribution in [3.63, 3.8) is 0 Å². The Morgan fingerprint density at radius 2 is 1.68 bits per heavy atom. The molecule has 0 unspecified atom stereocenters. The maximum atomic E-state index is 12.7. The summed E-state index contributed by atoms with van der Waals surface area (Å²) in [5.41, 5.74) is 0.618. The first-order valence-corrected chi connectivity index (χ1v) is 11.9. The molecule has 0 spiro atoms. The van der Waals surface area contributed by atoms with Gasteiger partial charge < -0.3 is 5.32 Å². The molecule has 3 atom stereocenters. The van der Waals surface area contributed by atoms with Crippen molar-refractivity contribution in [3.8, 4) is 0 Å². The van der Waals surface area contributed by atoms with E-state index in [0.29, 0.717) is 5.69 Å². The van der Waals surface area contributed by atoms with Crippen LogP contribution < -0.4 is 10.0 Å². The number of carbonyl (C=O) groups excluding carboxylic acids is 1. The highest BCUT2D eigenvalue weighted by Gasteiger charge is 2.34. The summed E-state index contributed by atoms with van der Waals surface area (Å²) in [5, 5.41) is 2.93. The van der Waals surface area contributed by atoms with E-state index in [9.17, 15) is 13.2 Å². The largest absolute Gasteiger partial charge is 0.325 e. The second-order valence-electron chi connectivity index (χ2n) is 8.55. The Morgan fingerprint density at radius 3 is 2.32 bits per heavy atom. The topological polar surface area (TPSA) is 78.5 Å². The van der Waals surface area contributed by atoms with Gasteiger partial charge in [0.15, 0.2) is 0 Å². The quantitative estimate of drug-likeness (QED) is 0.759. The van der Waals surface area contributed by atoms with Gasteiger partial charge in [-0.25, -0.2) is 13.1 Å². The van der Waals surface area contributed by atoms with Gasteiger partial charge in [0.1, 0.15) is 0 Å². The van der Waals surface area contributed by atoms with Gasteiger partial charge in [-0.05, 0) is 76.3 Å². The van der Waals surface area contributed by atoms with E-state index in [0.717, 1.165) is 24.9 Å². The number of rotatable bonds is 6. The van der Waals surface area contributed by atoms with Crippen LogP contribution >= 0.6 is 0 Å². The molecule has 1 heterocycles. The third-order valence-corrected chi connectivity index (χ3v) is 7.75. The highest BCUT2D eigenvalue weighted by atomic mass is 32.2. The molecule has 0 radical (unpaired) electrons. The Morgan fingerprint density at radius 1 is 1.04 bits per heavy atom. The number of hydrogen-bond donors (Lipinski definition) is 2. The minimum absolute atomic E-state index is 0.0369. The number of sulfonamides is 1. The first-order valence-electron chi connectivity index (χ1n) is 10.4. The van der Waals surface area contributed by atoms with Crippen LogP contribution in [0.3, 0.4) is 0 Å². The third kappa shape index (κ3) is 5.13. The number of nitrogens with zero attached hydrogens (tertiary/aromatic N) is 1. The lowest BCUT2D eigenvalue weighted by atomic mass is 9.75. The summed E-state index contributed by atoms with van der Waals surface area (Å²) in [6.07, 6.45) is 6.50. The van der Waals surface area contributed by atoms with Gasteiger partial charge in [0.05, 0.1) is 10.9 Å².